The van der Waals surface area contributed by atoms with Gasteiger partial charge in [0, 0.05) is 37.0 Å². The van der Waals surface area contributed by atoms with E-state index in [2.05, 4.69) is 10.2 Å². The van der Waals surface area contributed by atoms with Crippen molar-refractivity contribution in [3.63, 3.8) is 0 Å². The molecule has 0 aromatic heterocycles. The number of morpholine rings is 1. The van der Waals surface area contributed by atoms with Crippen LogP contribution in [0.4, 0.5) is 10.1 Å². The van der Waals surface area contributed by atoms with Crippen molar-refractivity contribution in [3.05, 3.63) is 95.3 Å². The Labute approximate surface area is 181 Å². The van der Waals surface area contributed by atoms with E-state index < -0.39 is 0 Å². The number of benzene rings is 3. The van der Waals surface area contributed by atoms with Crippen LogP contribution in [-0.2, 0) is 17.9 Å². The predicted molar refractivity (Wildman–Crippen MR) is 118 cm³/mol. The molecule has 31 heavy (non-hydrogen) atoms. The first-order valence-corrected chi connectivity index (χ1v) is 10.3. The molecule has 3 aromatic rings. The highest BCUT2D eigenvalue weighted by molar-refractivity contribution is 6.04. The van der Waals surface area contributed by atoms with Crippen molar-refractivity contribution in [3.8, 4) is 5.75 Å². The standard InChI is InChI=1S/C25H25FN2O3/c26-22-7-3-9-24(16-22)31-18-20-5-2-8-23(15-20)27-25(29)21-6-1-4-19(14-21)17-28-10-12-30-13-11-28/h1-9,14-16H,10-13,17-18H2,(H,27,29). The van der Waals surface area contributed by atoms with Crippen molar-refractivity contribution in [1.82, 2.24) is 4.90 Å². The van der Waals surface area contributed by atoms with Crippen LogP contribution in [-0.4, -0.2) is 37.1 Å². The molecule has 0 bridgehead atoms. The van der Waals surface area contributed by atoms with Gasteiger partial charge in [0.1, 0.15) is 18.2 Å². The van der Waals surface area contributed by atoms with E-state index in [0.29, 0.717) is 17.0 Å². The molecule has 0 spiro atoms. The number of halogens is 1. The van der Waals surface area contributed by atoms with Crippen molar-refractivity contribution in [2.45, 2.75) is 13.2 Å². The first-order valence-electron chi connectivity index (χ1n) is 10.3. The summed E-state index contributed by atoms with van der Waals surface area (Å²) in [6.45, 7) is 4.39. The second kappa shape index (κ2) is 10.2. The lowest BCUT2D eigenvalue weighted by atomic mass is 10.1. The summed E-state index contributed by atoms with van der Waals surface area (Å²) < 4.78 is 24.3. The maximum atomic E-state index is 13.3. The van der Waals surface area contributed by atoms with E-state index >= 15 is 0 Å². The SMILES string of the molecule is O=C(Nc1cccc(COc2cccc(F)c2)c1)c1cccc(CN2CCOCC2)c1. The van der Waals surface area contributed by atoms with E-state index in [1.807, 2.05) is 48.5 Å². The lowest BCUT2D eigenvalue weighted by Gasteiger charge is -2.26. The number of carbonyl (C=O) groups excluding carboxylic acids is 1. The molecule has 0 atom stereocenters. The van der Waals surface area contributed by atoms with Crippen LogP contribution in [0, 0.1) is 5.82 Å². The van der Waals surface area contributed by atoms with Crippen LogP contribution in [0.3, 0.4) is 0 Å². The molecule has 1 fully saturated rings. The van der Waals surface area contributed by atoms with Gasteiger partial charge in [-0.15, -0.1) is 0 Å². The summed E-state index contributed by atoms with van der Waals surface area (Å²) >= 11 is 0. The van der Waals surface area contributed by atoms with Crippen molar-refractivity contribution < 1.29 is 18.7 Å². The number of hydrogen-bond acceptors (Lipinski definition) is 4. The Bertz CT molecular complexity index is 1030. The van der Waals surface area contributed by atoms with Crippen molar-refractivity contribution >= 4 is 11.6 Å². The lowest BCUT2D eigenvalue weighted by Crippen LogP contribution is -2.35. The van der Waals surface area contributed by atoms with Gasteiger partial charge in [-0.2, -0.15) is 0 Å². The number of anilines is 1. The number of nitrogens with zero attached hydrogens (tertiary/aromatic N) is 1. The highest BCUT2D eigenvalue weighted by Gasteiger charge is 2.12. The minimum absolute atomic E-state index is 0.160. The first-order chi connectivity index (χ1) is 15.2. The molecule has 1 saturated heterocycles. The van der Waals surface area contributed by atoms with Gasteiger partial charge in [-0.1, -0.05) is 30.3 Å². The van der Waals surface area contributed by atoms with Gasteiger partial charge in [-0.05, 0) is 47.5 Å². The Morgan fingerprint density at radius 1 is 0.968 bits per heavy atom. The van der Waals surface area contributed by atoms with Crippen molar-refractivity contribution in [1.29, 1.82) is 0 Å². The number of amides is 1. The zero-order valence-corrected chi connectivity index (χ0v) is 17.2. The van der Waals surface area contributed by atoms with E-state index in [9.17, 15) is 9.18 Å². The number of nitrogens with one attached hydrogen (secondary N) is 1. The summed E-state index contributed by atoms with van der Waals surface area (Å²) in [4.78, 5) is 15.1. The second-order valence-corrected chi connectivity index (χ2v) is 7.49. The lowest BCUT2D eigenvalue weighted by molar-refractivity contribution is 0.0342. The van der Waals surface area contributed by atoms with Gasteiger partial charge in [0.25, 0.3) is 5.91 Å². The fraction of sp³-hybridized carbons (Fsp3) is 0.240. The van der Waals surface area contributed by atoms with Crippen LogP contribution in [0.1, 0.15) is 21.5 Å². The smallest absolute Gasteiger partial charge is 0.255 e. The molecule has 0 radical (unpaired) electrons. The molecule has 3 aromatic carbocycles. The molecule has 5 nitrogen and oxygen atoms in total. The molecule has 1 N–H and O–H groups in total. The normalized spacial score (nSPS) is 14.2. The number of carbonyl (C=O) groups is 1. The summed E-state index contributed by atoms with van der Waals surface area (Å²) in [5.74, 6) is -0.0343. The molecule has 6 heteroatoms. The van der Waals surface area contributed by atoms with Crippen molar-refractivity contribution in [2.24, 2.45) is 0 Å². The fourth-order valence-corrected chi connectivity index (χ4v) is 3.49. The molecular weight excluding hydrogens is 395 g/mol. The van der Waals surface area contributed by atoms with Crippen LogP contribution in [0.15, 0.2) is 72.8 Å². The first kappa shape index (κ1) is 21.0. The van der Waals surface area contributed by atoms with E-state index in [0.717, 1.165) is 44.0 Å². The molecule has 160 valence electrons. The van der Waals surface area contributed by atoms with Gasteiger partial charge >= 0.3 is 0 Å². The minimum atomic E-state index is -0.339. The van der Waals surface area contributed by atoms with Gasteiger partial charge < -0.3 is 14.8 Å². The highest BCUT2D eigenvalue weighted by atomic mass is 19.1. The van der Waals surface area contributed by atoms with E-state index in [-0.39, 0.29) is 18.3 Å². The number of ether oxygens (including phenoxy) is 2. The molecule has 0 aliphatic carbocycles. The second-order valence-electron chi connectivity index (χ2n) is 7.49. The third kappa shape index (κ3) is 6.13. The van der Waals surface area contributed by atoms with Gasteiger partial charge in [0.2, 0.25) is 0 Å². The van der Waals surface area contributed by atoms with E-state index in [4.69, 9.17) is 9.47 Å². The topological polar surface area (TPSA) is 50.8 Å². The highest BCUT2D eigenvalue weighted by Crippen LogP contribution is 2.17. The summed E-state index contributed by atoms with van der Waals surface area (Å²) in [7, 11) is 0. The Kier molecular flexibility index (Phi) is 6.92. The van der Waals surface area contributed by atoms with Crippen molar-refractivity contribution in [2.75, 3.05) is 31.6 Å². The maximum absolute atomic E-state index is 13.3. The Morgan fingerprint density at radius 3 is 2.58 bits per heavy atom. The molecule has 4 rings (SSSR count). The number of rotatable bonds is 7. The van der Waals surface area contributed by atoms with Gasteiger partial charge in [0.15, 0.2) is 0 Å². The Balaban J connectivity index is 1.37. The molecular formula is C25H25FN2O3. The minimum Gasteiger partial charge on any atom is -0.489 e. The molecule has 0 unspecified atom stereocenters. The summed E-state index contributed by atoms with van der Waals surface area (Å²) in [5, 5.41) is 2.95. The molecule has 0 saturated carbocycles. The third-order valence-electron chi connectivity index (χ3n) is 5.09. The van der Waals surface area contributed by atoms with Gasteiger partial charge in [-0.25, -0.2) is 4.39 Å². The Morgan fingerprint density at radius 2 is 1.74 bits per heavy atom. The zero-order valence-electron chi connectivity index (χ0n) is 17.2. The largest absolute Gasteiger partial charge is 0.489 e. The average Bonchev–Trinajstić information content (AvgIpc) is 2.79. The molecule has 1 aliphatic rings. The summed E-state index contributed by atoms with van der Waals surface area (Å²) in [6, 6.07) is 21.2. The van der Waals surface area contributed by atoms with Crippen LogP contribution in [0.5, 0.6) is 5.75 Å². The maximum Gasteiger partial charge on any atom is 0.255 e. The third-order valence-corrected chi connectivity index (χ3v) is 5.09. The van der Waals surface area contributed by atoms with E-state index in [1.54, 1.807) is 12.1 Å². The molecule has 1 aliphatic heterocycles. The van der Waals surface area contributed by atoms with Crippen LogP contribution in [0.2, 0.25) is 0 Å². The average molecular weight is 420 g/mol. The fourth-order valence-electron chi connectivity index (χ4n) is 3.49. The quantitative estimate of drug-likeness (QED) is 0.612. The van der Waals surface area contributed by atoms with Gasteiger partial charge in [-0.3, -0.25) is 9.69 Å². The summed E-state index contributed by atoms with van der Waals surface area (Å²) in [5.41, 5.74) is 3.28. The number of hydrogen-bond donors (Lipinski definition) is 1. The zero-order chi connectivity index (χ0) is 21.5. The van der Waals surface area contributed by atoms with Gasteiger partial charge in [0.05, 0.1) is 13.2 Å². The van der Waals surface area contributed by atoms with Crippen LogP contribution >= 0.6 is 0 Å². The molecule has 1 heterocycles. The Hall–Kier alpha value is -3.22. The van der Waals surface area contributed by atoms with Crippen LogP contribution < -0.4 is 10.1 Å². The van der Waals surface area contributed by atoms with E-state index in [1.165, 1.54) is 12.1 Å². The summed E-state index contributed by atoms with van der Waals surface area (Å²) in [6.07, 6.45) is 0. The van der Waals surface area contributed by atoms with Crippen LogP contribution in [0.25, 0.3) is 0 Å². The predicted octanol–water partition coefficient (Wildman–Crippen LogP) is 4.49. The monoisotopic (exact) mass is 420 g/mol. The molecule has 1 amide bonds.